The maximum Gasteiger partial charge on any atom is 0.411 e. The molecular formula is C11H14F3N3. The van der Waals surface area contributed by atoms with E-state index in [4.69, 9.17) is 0 Å². The zero-order valence-corrected chi connectivity index (χ0v) is 9.43. The van der Waals surface area contributed by atoms with Crippen molar-refractivity contribution >= 4 is 11.6 Å². The van der Waals surface area contributed by atoms with Gasteiger partial charge < -0.3 is 10.6 Å². The minimum atomic E-state index is -4.22. The van der Waals surface area contributed by atoms with Gasteiger partial charge >= 0.3 is 6.18 Å². The monoisotopic (exact) mass is 245 g/mol. The highest BCUT2D eigenvalue weighted by Crippen LogP contribution is 2.50. The van der Waals surface area contributed by atoms with Crippen LogP contribution in [0.4, 0.5) is 24.8 Å². The Hall–Kier alpha value is -1.46. The summed E-state index contributed by atoms with van der Waals surface area (Å²) >= 11 is 0. The summed E-state index contributed by atoms with van der Waals surface area (Å²) < 4.78 is 38.2. The van der Waals surface area contributed by atoms with Gasteiger partial charge in [0.25, 0.3) is 0 Å². The minimum Gasteiger partial charge on any atom is -0.370 e. The van der Waals surface area contributed by atoms with Gasteiger partial charge in [0.15, 0.2) is 0 Å². The number of hydrogen-bond acceptors (Lipinski definition) is 3. The van der Waals surface area contributed by atoms with Gasteiger partial charge in [-0.25, -0.2) is 4.98 Å². The summed E-state index contributed by atoms with van der Waals surface area (Å²) in [7, 11) is 0. The van der Waals surface area contributed by atoms with Crippen molar-refractivity contribution in [1.82, 2.24) is 4.98 Å². The lowest BCUT2D eigenvalue weighted by atomic mass is 10.2. The van der Waals surface area contributed by atoms with Crippen LogP contribution in [-0.4, -0.2) is 23.2 Å². The van der Waals surface area contributed by atoms with Gasteiger partial charge in [0, 0.05) is 6.54 Å². The average Bonchev–Trinajstić information content (AvgIpc) is 2.99. The second kappa shape index (κ2) is 4.09. The number of pyridine rings is 1. The van der Waals surface area contributed by atoms with Crippen molar-refractivity contribution in [3.63, 3.8) is 0 Å². The smallest absolute Gasteiger partial charge is 0.370 e. The van der Waals surface area contributed by atoms with E-state index in [1.165, 1.54) is 0 Å². The van der Waals surface area contributed by atoms with Crippen LogP contribution < -0.4 is 10.6 Å². The summed E-state index contributed by atoms with van der Waals surface area (Å²) in [4.78, 5) is 4.08. The van der Waals surface area contributed by atoms with Crippen molar-refractivity contribution in [2.45, 2.75) is 31.5 Å². The van der Waals surface area contributed by atoms with E-state index in [0.717, 1.165) is 0 Å². The summed E-state index contributed by atoms with van der Waals surface area (Å²) in [5, 5.41) is 5.45. The van der Waals surface area contributed by atoms with E-state index >= 15 is 0 Å². The van der Waals surface area contributed by atoms with Crippen molar-refractivity contribution in [1.29, 1.82) is 0 Å². The first kappa shape index (κ1) is 12.0. The van der Waals surface area contributed by atoms with E-state index < -0.39 is 11.7 Å². The van der Waals surface area contributed by atoms with Crippen LogP contribution in [0.25, 0.3) is 0 Å². The third kappa shape index (κ3) is 2.45. The van der Waals surface area contributed by atoms with Gasteiger partial charge in [-0.1, -0.05) is 6.07 Å². The van der Waals surface area contributed by atoms with Crippen molar-refractivity contribution in [2.75, 3.05) is 17.2 Å². The number of alkyl halides is 3. The Kier molecular flexibility index (Phi) is 2.89. The van der Waals surface area contributed by atoms with Gasteiger partial charge in [-0.2, -0.15) is 13.2 Å². The standard InChI is InChI=1S/C11H14F3N3/c1-2-15-8-4-3-5-9(16-8)17-10(6-7-10)11(12,13)14/h3-5H,2,6-7H2,1H3,(H2,15,16,17). The SMILES string of the molecule is CCNc1cccc(NC2(C(F)(F)F)CC2)n1. The van der Waals surface area contributed by atoms with Gasteiger partial charge in [0.05, 0.1) is 0 Å². The maximum atomic E-state index is 12.7. The van der Waals surface area contributed by atoms with Gasteiger partial charge in [0.2, 0.25) is 0 Å². The van der Waals surface area contributed by atoms with E-state index in [-0.39, 0.29) is 18.7 Å². The molecule has 0 bridgehead atoms. The van der Waals surface area contributed by atoms with Crippen LogP contribution in [0.1, 0.15) is 19.8 Å². The molecule has 1 aromatic rings. The summed E-state index contributed by atoms with van der Waals surface area (Å²) in [5.41, 5.74) is -1.76. The first-order chi connectivity index (χ1) is 7.97. The Morgan fingerprint density at radius 3 is 2.47 bits per heavy atom. The zero-order chi connectivity index (χ0) is 12.5. The van der Waals surface area contributed by atoms with Gasteiger partial charge in [-0.15, -0.1) is 0 Å². The normalized spacial score (nSPS) is 17.6. The molecule has 2 N–H and O–H groups in total. The van der Waals surface area contributed by atoms with Crippen LogP contribution in [-0.2, 0) is 0 Å². The third-order valence-corrected chi connectivity index (χ3v) is 2.77. The molecule has 0 spiro atoms. The lowest BCUT2D eigenvalue weighted by Gasteiger charge is -2.21. The van der Waals surface area contributed by atoms with Gasteiger partial charge in [-0.05, 0) is 31.9 Å². The highest BCUT2D eigenvalue weighted by Gasteiger charge is 2.63. The van der Waals surface area contributed by atoms with Crippen molar-refractivity contribution in [2.24, 2.45) is 0 Å². The molecule has 0 aromatic carbocycles. The molecule has 17 heavy (non-hydrogen) atoms. The zero-order valence-electron chi connectivity index (χ0n) is 9.43. The molecule has 1 fully saturated rings. The molecule has 1 aromatic heterocycles. The second-order valence-electron chi connectivity index (χ2n) is 4.14. The van der Waals surface area contributed by atoms with Crippen LogP contribution in [0.5, 0.6) is 0 Å². The lowest BCUT2D eigenvalue weighted by Crippen LogP contribution is -2.38. The van der Waals surface area contributed by atoms with Crippen molar-refractivity contribution < 1.29 is 13.2 Å². The molecule has 94 valence electrons. The maximum absolute atomic E-state index is 12.7. The molecule has 3 nitrogen and oxygen atoms in total. The van der Waals surface area contributed by atoms with E-state index in [1.807, 2.05) is 6.92 Å². The summed E-state index contributed by atoms with van der Waals surface area (Å²) in [5.74, 6) is 0.841. The van der Waals surface area contributed by atoms with E-state index in [0.29, 0.717) is 12.4 Å². The molecule has 0 unspecified atom stereocenters. The fourth-order valence-corrected chi connectivity index (χ4v) is 1.63. The van der Waals surface area contributed by atoms with Gasteiger partial charge in [0.1, 0.15) is 17.2 Å². The number of rotatable bonds is 4. The lowest BCUT2D eigenvalue weighted by molar-refractivity contribution is -0.151. The number of aromatic nitrogens is 1. The van der Waals surface area contributed by atoms with Crippen molar-refractivity contribution in [3.8, 4) is 0 Å². The molecule has 1 saturated carbocycles. The Morgan fingerprint density at radius 1 is 1.29 bits per heavy atom. The Bertz CT molecular complexity index is 399. The molecule has 1 aliphatic carbocycles. The largest absolute Gasteiger partial charge is 0.411 e. The molecule has 0 atom stereocenters. The number of anilines is 2. The number of hydrogen-bond donors (Lipinski definition) is 2. The van der Waals surface area contributed by atoms with Crippen LogP contribution in [0, 0.1) is 0 Å². The summed E-state index contributed by atoms with van der Waals surface area (Å²) in [6.07, 6.45) is -3.99. The third-order valence-electron chi connectivity index (χ3n) is 2.77. The molecule has 0 radical (unpaired) electrons. The quantitative estimate of drug-likeness (QED) is 0.856. The molecule has 0 amide bonds. The molecule has 1 heterocycles. The van der Waals surface area contributed by atoms with E-state index in [1.54, 1.807) is 18.2 Å². The van der Waals surface area contributed by atoms with E-state index in [9.17, 15) is 13.2 Å². The van der Waals surface area contributed by atoms with Crippen molar-refractivity contribution in [3.05, 3.63) is 18.2 Å². The first-order valence-electron chi connectivity index (χ1n) is 5.53. The Morgan fingerprint density at radius 2 is 1.94 bits per heavy atom. The van der Waals surface area contributed by atoms with E-state index in [2.05, 4.69) is 15.6 Å². The molecule has 1 aliphatic rings. The summed E-state index contributed by atoms with van der Waals surface area (Å²) in [6, 6.07) is 4.95. The predicted octanol–water partition coefficient (Wildman–Crippen LogP) is 3.02. The van der Waals surface area contributed by atoms with Crippen LogP contribution in [0.2, 0.25) is 0 Å². The Balaban J connectivity index is 2.11. The highest BCUT2D eigenvalue weighted by atomic mass is 19.4. The first-order valence-corrected chi connectivity index (χ1v) is 5.53. The second-order valence-corrected chi connectivity index (χ2v) is 4.14. The topological polar surface area (TPSA) is 37.0 Å². The molecule has 6 heteroatoms. The fourth-order valence-electron chi connectivity index (χ4n) is 1.63. The minimum absolute atomic E-state index is 0.115. The van der Waals surface area contributed by atoms with Gasteiger partial charge in [-0.3, -0.25) is 0 Å². The number of halogens is 3. The molecule has 0 aliphatic heterocycles. The molecule has 2 rings (SSSR count). The van der Waals surface area contributed by atoms with Crippen LogP contribution in [0.3, 0.4) is 0 Å². The highest BCUT2D eigenvalue weighted by molar-refractivity contribution is 5.48. The fraction of sp³-hybridized carbons (Fsp3) is 0.545. The molecule has 0 saturated heterocycles. The predicted molar refractivity (Wildman–Crippen MR) is 60.0 cm³/mol. The van der Waals surface area contributed by atoms with Crippen LogP contribution in [0.15, 0.2) is 18.2 Å². The Labute approximate surface area is 97.4 Å². The number of nitrogens with one attached hydrogen (secondary N) is 2. The number of nitrogens with zero attached hydrogens (tertiary/aromatic N) is 1. The molecular weight excluding hydrogens is 231 g/mol. The van der Waals surface area contributed by atoms with Crippen LogP contribution >= 0.6 is 0 Å². The average molecular weight is 245 g/mol. The summed E-state index contributed by atoms with van der Waals surface area (Å²) in [6.45, 7) is 2.58.